The minimum atomic E-state index is -4.32. The molecule has 5 rings (SSSR count). The van der Waals surface area contributed by atoms with Gasteiger partial charge in [-0.1, -0.05) is 18.2 Å². The number of halogens is 6. The highest BCUT2D eigenvalue weighted by atomic mass is 32.2. The second-order valence-corrected chi connectivity index (χ2v) is 11.2. The van der Waals surface area contributed by atoms with Gasteiger partial charge in [-0.15, -0.1) is 0 Å². The maximum absolute atomic E-state index is 12.7. The molecule has 2 aromatic carbocycles. The van der Waals surface area contributed by atoms with Crippen LogP contribution in [0.3, 0.4) is 0 Å². The van der Waals surface area contributed by atoms with Gasteiger partial charge in [0.1, 0.15) is 0 Å². The average molecular weight is 528 g/mol. The summed E-state index contributed by atoms with van der Waals surface area (Å²) >= 11 is 1.63. The monoisotopic (exact) mass is 527 g/mol. The summed E-state index contributed by atoms with van der Waals surface area (Å²) in [6, 6.07) is 11.6. The molecule has 10 heteroatoms. The van der Waals surface area contributed by atoms with Crippen LogP contribution in [0.4, 0.5) is 32.0 Å². The molecule has 3 aromatic rings. The lowest BCUT2D eigenvalue weighted by molar-refractivity contribution is -0.178. The minimum absolute atomic E-state index is 0.0606. The van der Waals surface area contributed by atoms with E-state index in [1.165, 1.54) is 4.90 Å². The van der Waals surface area contributed by atoms with Gasteiger partial charge in [-0.25, -0.2) is 0 Å². The second-order valence-electron chi connectivity index (χ2n) is 10.1. The van der Waals surface area contributed by atoms with Crippen LogP contribution in [0, 0.1) is 5.41 Å². The quantitative estimate of drug-likeness (QED) is 0.236. The van der Waals surface area contributed by atoms with E-state index in [1.807, 2.05) is 12.3 Å². The van der Waals surface area contributed by atoms with Crippen molar-refractivity contribution in [2.24, 2.45) is 5.41 Å². The molecule has 1 aromatic heterocycles. The summed E-state index contributed by atoms with van der Waals surface area (Å²) in [6.07, 6.45) is -2.32. The third-order valence-corrected chi connectivity index (χ3v) is 8.14. The third-order valence-electron chi connectivity index (χ3n) is 7.14. The van der Waals surface area contributed by atoms with Gasteiger partial charge < -0.3 is 9.71 Å². The molecule has 1 aliphatic heterocycles. The molecule has 0 bridgehead atoms. The van der Waals surface area contributed by atoms with E-state index in [4.69, 9.17) is 0 Å². The van der Waals surface area contributed by atoms with E-state index < -0.39 is 24.5 Å². The minimum Gasteiger partial charge on any atom is -0.359 e. The number of likely N-dealkylation sites (tertiary alicyclic amines) is 1. The van der Waals surface area contributed by atoms with E-state index in [0.29, 0.717) is 24.8 Å². The van der Waals surface area contributed by atoms with Gasteiger partial charge in [-0.05, 0) is 84.9 Å². The molecule has 0 atom stereocenters. The van der Waals surface area contributed by atoms with Crippen molar-refractivity contribution >= 4 is 28.5 Å². The van der Waals surface area contributed by atoms with Crippen molar-refractivity contribution in [3.8, 4) is 0 Å². The van der Waals surface area contributed by atoms with E-state index in [9.17, 15) is 26.3 Å². The number of H-pyrrole nitrogens is 1. The molecule has 0 unspecified atom stereocenters. The predicted octanol–water partition coefficient (Wildman–Crippen LogP) is 7.45. The Kier molecular flexibility index (Phi) is 6.70. The predicted molar refractivity (Wildman–Crippen MR) is 131 cm³/mol. The number of nitrogens with zero attached hydrogens (tertiary/aromatic N) is 1. The molecule has 2 heterocycles. The summed E-state index contributed by atoms with van der Waals surface area (Å²) in [7, 11) is 0. The molecular formula is C26H27F6N3S. The molecule has 0 radical (unpaired) electrons. The third kappa shape index (κ3) is 5.80. The maximum atomic E-state index is 12.7. The molecule has 2 fully saturated rings. The lowest BCUT2D eigenvalue weighted by atomic mass is 9.63. The Bertz CT molecular complexity index is 1190. The Morgan fingerprint density at radius 3 is 2.28 bits per heavy atom. The van der Waals surface area contributed by atoms with Gasteiger partial charge in [0, 0.05) is 35.4 Å². The van der Waals surface area contributed by atoms with Crippen molar-refractivity contribution in [3.63, 3.8) is 0 Å². The number of fused-ring (bicyclic) bond motifs is 1. The first-order chi connectivity index (χ1) is 17.0. The highest BCUT2D eigenvalue weighted by Crippen LogP contribution is 2.53. The number of nitrogens with one attached hydrogen (secondary N) is 2. The Balaban J connectivity index is 1.09. The number of aromatic nitrogens is 1. The smallest absolute Gasteiger partial charge is 0.359 e. The molecule has 1 saturated carbocycles. The number of rotatable bonds is 8. The van der Waals surface area contributed by atoms with Crippen LogP contribution in [-0.2, 0) is 19.0 Å². The van der Waals surface area contributed by atoms with Crippen molar-refractivity contribution in [2.75, 3.05) is 24.4 Å². The topological polar surface area (TPSA) is 31.1 Å². The molecule has 2 N–H and O–H groups in total. The first-order valence-corrected chi connectivity index (χ1v) is 12.8. The zero-order valence-electron chi connectivity index (χ0n) is 19.5. The normalized spacial score (nSPS) is 18.4. The summed E-state index contributed by atoms with van der Waals surface area (Å²) in [5.74, 6) is 0. The average Bonchev–Trinajstić information content (AvgIpc) is 3.15. The first-order valence-electron chi connectivity index (χ1n) is 12.0. The lowest BCUT2D eigenvalue weighted by Gasteiger charge is -2.59. The fraction of sp³-hybridized carbons (Fsp3) is 0.462. The number of benzene rings is 2. The molecule has 1 aliphatic carbocycles. The van der Waals surface area contributed by atoms with Crippen LogP contribution in [-0.4, -0.2) is 40.9 Å². The summed E-state index contributed by atoms with van der Waals surface area (Å²) in [5, 5.41) is 1.46. The lowest BCUT2D eigenvalue weighted by Crippen LogP contribution is -2.64. The number of alkyl halides is 6. The molecule has 36 heavy (non-hydrogen) atoms. The molecule has 3 nitrogen and oxygen atoms in total. The Labute approximate surface area is 209 Å². The zero-order valence-corrected chi connectivity index (χ0v) is 20.3. The van der Waals surface area contributed by atoms with Crippen molar-refractivity contribution in [3.05, 3.63) is 65.4 Å². The Morgan fingerprint density at radius 2 is 1.61 bits per heavy atom. The SMILES string of the molecule is FC(F)(F)CN1CC2(CC(SNc3c[nH]c4ccc(CCCc5ccc(C(F)(F)F)cc5)cc34)C2)C1. The summed E-state index contributed by atoms with van der Waals surface area (Å²) in [5.41, 5.74) is 3.46. The zero-order chi connectivity index (χ0) is 25.6. The van der Waals surface area contributed by atoms with Crippen LogP contribution in [0.5, 0.6) is 0 Å². The van der Waals surface area contributed by atoms with E-state index in [-0.39, 0.29) is 5.41 Å². The maximum Gasteiger partial charge on any atom is 0.416 e. The van der Waals surface area contributed by atoms with Crippen LogP contribution in [0.25, 0.3) is 10.9 Å². The van der Waals surface area contributed by atoms with E-state index in [1.54, 1.807) is 24.1 Å². The summed E-state index contributed by atoms with van der Waals surface area (Å²) in [4.78, 5) is 4.74. The highest BCUT2D eigenvalue weighted by Gasteiger charge is 2.54. The van der Waals surface area contributed by atoms with Gasteiger partial charge in [0.05, 0.1) is 17.8 Å². The van der Waals surface area contributed by atoms with Gasteiger partial charge in [-0.2, -0.15) is 26.3 Å². The Hall–Kier alpha value is -2.33. The largest absolute Gasteiger partial charge is 0.416 e. The van der Waals surface area contributed by atoms with Gasteiger partial charge >= 0.3 is 12.4 Å². The second kappa shape index (κ2) is 9.52. The van der Waals surface area contributed by atoms with Crippen LogP contribution in [0.2, 0.25) is 0 Å². The number of aryl methyl sites for hydroxylation is 2. The van der Waals surface area contributed by atoms with Crippen molar-refractivity contribution in [1.82, 2.24) is 9.88 Å². The van der Waals surface area contributed by atoms with E-state index >= 15 is 0 Å². The molecular weight excluding hydrogens is 500 g/mol. The highest BCUT2D eigenvalue weighted by molar-refractivity contribution is 8.01. The number of hydrogen-bond acceptors (Lipinski definition) is 3. The van der Waals surface area contributed by atoms with Gasteiger partial charge in [0.15, 0.2) is 0 Å². The van der Waals surface area contributed by atoms with Crippen molar-refractivity contribution in [2.45, 2.75) is 49.7 Å². The molecule has 0 amide bonds. The van der Waals surface area contributed by atoms with Crippen molar-refractivity contribution < 1.29 is 26.3 Å². The number of hydrogen-bond donors (Lipinski definition) is 2. The summed E-state index contributed by atoms with van der Waals surface area (Å²) < 4.78 is 79.1. The number of aromatic amines is 1. The van der Waals surface area contributed by atoms with Gasteiger partial charge in [0.25, 0.3) is 0 Å². The molecule has 1 saturated heterocycles. The number of anilines is 1. The van der Waals surface area contributed by atoms with Gasteiger partial charge in [-0.3, -0.25) is 4.90 Å². The van der Waals surface area contributed by atoms with Crippen LogP contribution >= 0.6 is 11.9 Å². The first kappa shape index (κ1) is 25.3. The van der Waals surface area contributed by atoms with Crippen molar-refractivity contribution in [1.29, 1.82) is 0 Å². The molecule has 2 aliphatic rings. The summed E-state index contributed by atoms with van der Waals surface area (Å²) in [6.45, 7) is 0.256. The van der Waals surface area contributed by atoms with Crippen LogP contribution < -0.4 is 4.72 Å². The Morgan fingerprint density at radius 1 is 0.944 bits per heavy atom. The molecule has 1 spiro atoms. The fourth-order valence-corrected chi connectivity index (χ4v) is 6.76. The van der Waals surface area contributed by atoms with Crippen LogP contribution in [0.1, 0.15) is 36.0 Å². The standard InChI is InChI=1S/C26H27F6N3S/c27-25(28,29)16-35-14-24(15-35)11-20(12-24)36-34-23-13-33-22-9-6-18(10-21(22)23)3-1-2-17-4-7-19(8-5-17)26(30,31)32/h4-10,13,20,33-34H,1-3,11-12,14-16H2. The molecule has 194 valence electrons. The van der Waals surface area contributed by atoms with E-state index in [0.717, 1.165) is 65.5 Å². The fourth-order valence-electron chi connectivity index (χ4n) is 5.43. The van der Waals surface area contributed by atoms with E-state index in [2.05, 4.69) is 21.8 Å². The van der Waals surface area contributed by atoms with Crippen LogP contribution in [0.15, 0.2) is 48.7 Å². The van der Waals surface area contributed by atoms with Gasteiger partial charge in [0.2, 0.25) is 0 Å².